The van der Waals surface area contributed by atoms with E-state index in [1.807, 2.05) is 22.3 Å². The predicted octanol–water partition coefficient (Wildman–Crippen LogP) is 1.68. The summed E-state index contributed by atoms with van der Waals surface area (Å²) in [5, 5.41) is 6.66. The molecule has 1 amide bonds. The summed E-state index contributed by atoms with van der Waals surface area (Å²) in [5.41, 5.74) is 0. The van der Waals surface area contributed by atoms with Crippen molar-refractivity contribution in [2.24, 2.45) is 4.99 Å². The predicted molar refractivity (Wildman–Crippen MR) is 122 cm³/mol. The van der Waals surface area contributed by atoms with Crippen molar-refractivity contribution in [2.45, 2.75) is 32.7 Å². The van der Waals surface area contributed by atoms with E-state index in [1.165, 1.54) is 9.75 Å². The fourth-order valence-corrected chi connectivity index (χ4v) is 4.45. The number of hydrogen-bond donors (Lipinski definition) is 2. The molecule has 9 heteroatoms. The van der Waals surface area contributed by atoms with Crippen molar-refractivity contribution < 1.29 is 4.79 Å². The molecular formula is C21H31N7OS. The fraction of sp³-hybridized carbons (Fsp3) is 0.524. The fourth-order valence-electron chi connectivity index (χ4n) is 3.43. The van der Waals surface area contributed by atoms with Crippen LogP contribution < -0.4 is 15.5 Å². The van der Waals surface area contributed by atoms with Crippen molar-refractivity contribution in [3.05, 3.63) is 40.3 Å². The van der Waals surface area contributed by atoms with Gasteiger partial charge in [0.05, 0.1) is 0 Å². The minimum Gasteiger partial charge on any atom is -0.356 e. The molecule has 0 aliphatic carbocycles. The van der Waals surface area contributed by atoms with Gasteiger partial charge in [-0.25, -0.2) is 9.97 Å². The van der Waals surface area contributed by atoms with E-state index >= 15 is 0 Å². The highest BCUT2D eigenvalue weighted by Gasteiger charge is 2.22. The topological polar surface area (TPSA) is 85.8 Å². The van der Waals surface area contributed by atoms with Crippen molar-refractivity contribution >= 4 is 29.2 Å². The molecule has 1 unspecified atom stereocenters. The van der Waals surface area contributed by atoms with E-state index in [2.05, 4.69) is 56.5 Å². The van der Waals surface area contributed by atoms with Crippen molar-refractivity contribution in [3.8, 4) is 0 Å². The number of aromatic nitrogens is 2. The standard InChI is InChI=1S/C21H31N7OS/c1-16(15-18-6-5-17(2)30-18)26-20(22-3)23-10-7-19(29)27-11-13-28(14-12-27)21-24-8-4-9-25-21/h4-6,8-9,16H,7,10-15H2,1-3H3,(H2,22,23,26). The molecule has 1 fully saturated rings. The minimum atomic E-state index is 0.161. The first-order chi connectivity index (χ1) is 14.5. The van der Waals surface area contributed by atoms with Gasteiger partial charge in [-0.1, -0.05) is 0 Å². The van der Waals surface area contributed by atoms with E-state index in [4.69, 9.17) is 0 Å². The van der Waals surface area contributed by atoms with Gasteiger partial charge in [0, 0.05) is 80.8 Å². The minimum absolute atomic E-state index is 0.161. The maximum Gasteiger partial charge on any atom is 0.225 e. The second-order valence-corrected chi connectivity index (χ2v) is 8.80. The Morgan fingerprint density at radius 3 is 2.60 bits per heavy atom. The van der Waals surface area contributed by atoms with E-state index < -0.39 is 0 Å². The number of piperazine rings is 1. The molecule has 3 heterocycles. The lowest BCUT2D eigenvalue weighted by molar-refractivity contribution is -0.131. The van der Waals surface area contributed by atoms with Crippen LogP contribution in [0.1, 0.15) is 23.1 Å². The first-order valence-corrected chi connectivity index (χ1v) is 11.2. The van der Waals surface area contributed by atoms with Crippen LogP contribution in [0.15, 0.2) is 35.6 Å². The SMILES string of the molecule is CN=C(NCCC(=O)N1CCN(c2ncccn2)CC1)NC(C)Cc1ccc(C)s1. The summed E-state index contributed by atoms with van der Waals surface area (Å²) < 4.78 is 0. The quantitative estimate of drug-likeness (QED) is 0.515. The zero-order valence-corrected chi connectivity index (χ0v) is 18.8. The summed E-state index contributed by atoms with van der Waals surface area (Å²) in [7, 11) is 1.75. The molecule has 3 rings (SSSR count). The molecule has 0 bridgehead atoms. The molecule has 30 heavy (non-hydrogen) atoms. The van der Waals surface area contributed by atoms with Gasteiger partial charge >= 0.3 is 0 Å². The molecule has 1 saturated heterocycles. The van der Waals surface area contributed by atoms with Crippen molar-refractivity contribution in [3.63, 3.8) is 0 Å². The van der Waals surface area contributed by atoms with Gasteiger partial charge in [-0.2, -0.15) is 0 Å². The Morgan fingerprint density at radius 1 is 1.23 bits per heavy atom. The number of aryl methyl sites for hydroxylation is 1. The van der Waals surface area contributed by atoms with Gasteiger partial charge < -0.3 is 20.4 Å². The molecular weight excluding hydrogens is 398 g/mol. The summed E-state index contributed by atoms with van der Waals surface area (Å²) in [4.78, 5) is 32.1. The molecule has 0 spiro atoms. The molecule has 0 aromatic carbocycles. The third kappa shape index (κ3) is 6.41. The number of carbonyl (C=O) groups is 1. The Bertz CT molecular complexity index is 831. The average Bonchev–Trinajstić information content (AvgIpc) is 3.18. The number of carbonyl (C=O) groups excluding carboxylic acids is 1. The van der Waals surface area contributed by atoms with Crippen LogP contribution in [-0.2, 0) is 11.2 Å². The summed E-state index contributed by atoms with van der Waals surface area (Å²) in [6, 6.07) is 6.40. The van der Waals surface area contributed by atoms with Crippen LogP contribution in [0.5, 0.6) is 0 Å². The second-order valence-electron chi connectivity index (χ2n) is 7.43. The zero-order chi connectivity index (χ0) is 21.3. The maximum atomic E-state index is 12.6. The number of nitrogens with zero attached hydrogens (tertiary/aromatic N) is 5. The lowest BCUT2D eigenvalue weighted by Gasteiger charge is -2.34. The number of thiophene rings is 1. The molecule has 2 aromatic rings. The lowest BCUT2D eigenvalue weighted by atomic mass is 10.2. The molecule has 0 saturated carbocycles. The highest BCUT2D eigenvalue weighted by Crippen LogP contribution is 2.16. The van der Waals surface area contributed by atoms with Gasteiger partial charge in [0.2, 0.25) is 11.9 Å². The highest BCUT2D eigenvalue weighted by atomic mass is 32.1. The number of guanidine groups is 1. The molecule has 2 N–H and O–H groups in total. The summed E-state index contributed by atoms with van der Waals surface area (Å²) in [6.45, 7) is 7.73. The Morgan fingerprint density at radius 2 is 1.97 bits per heavy atom. The molecule has 1 aliphatic rings. The molecule has 8 nitrogen and oxygen atoms in total. The maximum absolute atomic E-state index is 12.6. The summed E-state index contributed by atoms with van der Waals surface area (Å²) >= 11 is 1.83. The van der Waals surface area contributed by atoms with Crippen LogP contribution in [0.2, 0.25) is 0 Å². The monoisotopic (exact) mass is 429 g/mol. The number of nitrogens with one attached hydrogen (secondary N) is 2. The molecule has 2 aromatic heterocycles. The Labute approximate surface area is 182 Å². The number of amides is 1. The van der Waals surface area contributed by atoms with Crippen LogP contribution in [-0.4, -0.2) is 72.5 Å². The first-order valence-electron chi connectivity index (χ1n) is 10.4. The van der Waals surface area contributed by atoms with Crippen LogP contribution in [0.25, 0.3) is 0 Å². The Hall–Kier alpha value is -2.68. The molecule has 1 atom stereocenters. The van der Waals surface area contributed by atoms with Crippen LogP contribution in [0.3, 0.4) is 0 Å². The van der Waals surface area contributed by atoms with Crippen LogP contribution >= 0.6 is 11.3 Å². The van der Waals surface area contributed by atoms with E-state index in [0.717, 1.165) is 31.4 Å². The summed E-state index contributed by atoms with van der Waals surface area (Å²) in [5.74, 6) is 1.62. The zero-order valence-electron chi connectivity index (χ0n) is 18.0. The van der Waals surface area contributed by atoms with E-state index in [0.29, 0.717) is 26.1 Å². The van der Waals surface area contributed by atoms with Gasteiger partial charge in [0.15, 0.2) is 5.96 Å². The van der Waals surface area contributed by atoms with Crippen molar-refractivity contribution in [1.29, 1.82) is 0 Å². The number of anilines is 1. The summed E-state index contributed by atoms with van der Waals surface area (Å²) in [6.07, 6.45) is 4.89. The van der Waals surface area contributed by atoms with E-state index in [1.54, 1.807) is 19.4 Å². The number of hydrogen-bond acceptors (Lipinski definition) is 6. The van der Waals surface area contributed by atoms with Crippen molar-refractivity contribution in [2.75, 3.05) is 44.7 Å². The largest absolute Gasteiger partial charge is 0.356 e. The van der Waals surface area contributed by atoms with E-state index in [9.17, 15) is 4.79 Å². The highest BCUT2D eigenvalue weighted by molar-refractivity contribution is 7.11. The number of aliphatic imine (C=N–C) groups is 1. The van der Waals surface area contributed by atoms with Crippen LogP contribution in [0.4, 0.5) is 5.95 Å². The molecule has 162 valence electrons. The Kier molecular flexibility index (Phi) is 8.01. The normalized spacial score (nSPS) is 15.8. The third-order valence-electron chi connectivity index (χ3n) is 5.01. The van der Waals surface area contributed by atoms with Crippen LogP contribution in [0, 0.1) is 6.92 Å². The van der Waals surface area contributed by atoms with E-state index in [-0.39, 0.29) is 11.9 Å². The first kappa shape index (κ1) is 22.0. The smallest absolute Gasteiger partial charge is 0.225 e. The number of rotatable bonds is 7. The van der Waals surface area contributed by atoms with Gasteiger partial charge in [0.25, 0.3) is 0 Å². The lowest BCUT2D eigenvalue weighted by Crippen LogP contribution is -2.50. The molecule has 1 aliphatic heterocycles. The van der Waals surface area contributed by atoms with Crippen molar-refractivity contribution in [1.82, 2.24) is 25.5 Å². The van der Waals surface area contributed by atoms with Gasteiger partial charge in [-0.3, -0.25) is 9.79 Å². The molecule has 0 radical (unpaired) electrons. The average molecular weight is 430 g/mol. The third-order valence-corrected chi connectivity index (χ3v) is 6.03. The van der Waals surface area contributed by atoms with Gasteiger partial charge in [-0.05, 0) is 32.0 Å². The van der Waals surface area contributed by atoms with Gasteiger partial charge in [0.1, 0.15) is 0 Å². The second kappa shape index (κ2) is 10.9. The Balaban J connectivity index is 1.36. The van der Waals surface area contributed by atoms with Gasteiger partial charge in [-0.15, -0.1) is 11.3 Å².